The molecule has 7 aliphatic rings. The molecule has 0 radical (unpaired) electrons. The third-order valence-corrected chi connectivity index (χ3v) is 4.24. The first kappa shape index (κ1) is 10.1. The summed E-state index contributed by atoms with van der Waals surface area (Å²) in [5, 5.41) is 0. The Morgan fingerprint density at radius 2 is 0.778 bits per heavy atom. The van der Waals surface area contributed by atoms with Crippen LogP contribution >= 0.6 is 0 Å². The Balaban J connectivity index is 1.65. The highest BCUT2D eigenvalue weighted by Crippen LogP contribution is 2.57. The van der Waals surface area contributed by atoms with Gasteiger partial charge in [-0.1, -0.05) is 13.2 Å². The van der Waals surface area contributed by atoms with E-state index in [9.17, 15) is 0 Å². The van der Waals surface area contributed by atoms with Gasteiger partial charge in [-0.25, -0.2) is 0 Å². The van der Waals surface area contributed by atoms with Gasteiger partial charge in [0.05, 0.1) is 0 Å². The van der Waals surface area contributed by atoms with Crippen LogP contribution in [0.1, 0.15) is 0 Å². The second-order valence-corrected chi connectivity index (χ2v) is 5.11. The van der Waals surface area contributed by atoms with E-state index >= 15 is 0 Å². The summed E-state index contributed by atoms with van der Waals surface area (Å²) in [4.78, 5) is 0. The van der Waals surface area contributed by atoms with E-state index in [1.807, 2.05) is 0 Å². The summed E-state index contributed by atoms with van der Waals surface area (Å²) in [6.07, 6.45) is 1.76. The Labute approximate surface area is 103 Å². The SMILES string of the molecule is C=CC12OC3C4OC5(C=C)OC3C(O1)C(O5)C4O2. The molecule has 96 valence electrons. The van der Waals surface area contributed by atoms with Crippen molar-refractivity contribution >= 4 is 0 Å². The molecule has 0 aromatic carbocycles. The third-order valence-electron chi connectivity index (χ3n) is 4.24. The van der Waals surface area contributed by atoms with E-state index in [-0.39, 0.29) is 36.6 Å². The molecule has 6 saturated heterocycles. The molecule has 0 amide bonds. The number of rotatable bonds is 2. The van der Waals surface area contributed by atoms with E-state index in [1.54, 1.807) is 0 Å². The third kappa shape index (κ3) is 0.881. The summed E-state index contributed by atoms with van der Waals surface area (Å²) >= 11 is 0. The fourth-order valence-electron chi connectivity index (χ4n) is 3.52. The van der Waals surface area contributed by atoms with E-state index in [1.165, 1.54) is 12.2 Å². The molecule has 1 aliphatic carbocycles. The molecule has 0 aromatic heterocycles. The van der Waals surface area contributed by atoms with Crippen molar-refractivity contribution in [1.82, 2.24) is 0 Å². The zero-order chi connectivity index (χ0) is 12.1. The predicted octanol–water partition coefficient (Wildman–Crippen LogP) is 0.0452. The van der Waals surface area contributed by atoms with Gasteiger partial charge in [0.25, 0.3) is 0 Å². The number of hydrogen-bond acceptors (Lipinski definition) is 6. The molecule has 0 aromatic rings. The van der Waals surface area contributed by atoms with E-state index in [4.69, 9.17) is 28.4 Å². The zero-order valence-corrected chi connectivity index (χ0v) is 9.48. The van der Waals surface area contributed by atoms with E-state index in [2.05, 4.69) is 13.2 Å². The maximum absolute atomic E-state index is 5.78. The quantitative estimate of drug-likeness (QED) is 0.647. The lowest BCUT2D eigenvalue weighted by Crippen LogP contribution is -2.87. The molecule has 18 heavy (non-hydrogen) atoms. The standard InChI is InChI=1S/C12H12O6/c1-3-11-13-5-8-6(14-11)10-7(15-11)9(5)17-12(4-2,16-8)18-10/h3-10H,1-2H2. The second-order valence-electron chi connectivity index (χ2n) is 5.11. The molecule has 6 heterocycles. The topological polar surface area (TPSA) is 55.4 Å². The van der Waals surface area contributed by atoms with Crippen molar-refractivity contribution in [1.29, 1.82) is 0 Å². The number of hydrogen-bond donors (Lipinski definition) is 0. The van der Waals surface area contributed by atoms with Crippen molar-refractivity contribution in [2.24, 2.45) is 0 Å². The Hall–Kier alpha value is -0.760. The van der Waals surface area contributed by atoms with Gasteiger partial charge in [-0.3, -0.25) is 0 Å². The smallest absolute Gasteiger partial charge is 0.305 e. The number of ether oxygens (including phenoxy) is 6. The molecule has 0 atom stereocenters. The first-order chi connectivity index (χ1) is 8.69. The fourth-order valence-corrected chi connectivity index (χ4v) is 3.52. The lowest BCUT2D eigenvalue weighted by molar-refractivity contribution is -0.620. The van der Waals surface area contributed by atoms with Gasteiger partial charge < -0.3 is 28.4 Å². The molecule has 6 aliphatic heterocycles. The Bertz CT molecular complexity index is 354. The molecule has 0 spiro atoms. The Kier molecular flexibility index (Phi) is 1.52. The molecule has 1 saturated carbocycles. The van der Waals surface area contributed by atoms with Crippen LogP contribution in [0, 0.1) is 0 Å². The van der Waals surface area contributed by atoms with E-state index < -0.39 is 11.9 Å². The van der Waals surface area contributed by atoms with Crippen molar-refractivity contribution in [3.8, 4) is 0 Å². The second kappa shape index (κ2) is 2.72. The van der Waals surface area contributed by atoms with Gasteiger partial charge in [-0.2, -0.15) is 0 Å². The average molecular weight is 252 g/mol. The van der Waals surface area contributed by atoms with Gasteiger partial charge in [0.15, 0.2) is 0 Å². The van der Waals surface area contributed by atoms with Crippen LogP contribution < -0.4 is 0 Å². The molecular weight excluding hydrogens is 240 g/mol. The molecule has 6 heteroatoms. The minimum atomic E-state index is -1.18. The lowest BCUT2D eigenvalue weighted by atomic mass is 9.79. The summed E-state index contributed by atoms with van der Waals surface area (Å²) in [5.74, 6) is -2.35. The van der Waals surface area contributed by atoms with Crippen molar-refractivity contribution in [2.75, 3.05) is 0 Å². The molecule has 8 bridgehead atoms. The highest BCUT2D eigenvalue weighted by Gasteiger charge is 2.76. The molecular formula is C12H12O6. The van der Waals surface area contributed by atoms with Crippen LogP contribution in [0.5, 0.6) is 0 Å². The highest BCUT2D eigenvalue weighted by atomic mass is 17.0. The first-order valence-corrected chi connectivity index (χ1v) is 6.03. The van der Waals surface area contributed by atoms with Crippen molar-refractivity contribution < 1.29 is 28.4 Å². The first-order valence-electron chi connectivity index (χ1n) is 6.03. The van der Waals surface area contributed by atoms with Crippen LogP contribution in [0.2, 0.25) is 0 Å². The average Bonchev–Trinajstić information content (AvgIpc) is 2.43. The minimum absolute atomic E-state index is 0.214. The van der Waals surface area contributed by atoms with Gasteiger partial charge in [0.2, 0.25) is 0 Å². The summed E-state index contributed by atoms with van der Waals surface area (Å²) < 4.78 is 34.7. The van der Waals surface area contributed by atoms with Crippen LogP contribution in [0.4, 0.5) is 0 Å². The Morgan fingerprint density at radius 3 is 0.944 bits per heavy atom. The molecule has 0 unspecified atom stereocenters. The van der Waals surface area contributed by atoms with E-state index in [0.29, 0.717) is 0 Å². The summed E-state index contributed by atoms with van der Waals surface area (Å²) in [6, 6.07) is 0. The highest BCUT2D eigenvalue weighted by molar-refractivity contribution is 5.18. The zero-order valence-electron chi connectivity index (χ0n) is 9.48. The summed E-state index contributed by atoms with van der Waals surface area (Å²) in [5.41, 5.74) is 0. The normalized spacial score (nSPS) is 66.4. The predicted molar refractivity (Wildman–Crippen MR) is 55.1 cm³/mol. The minimum Gasteiger partial charge on any atom is -0.315 e. The monoisotopic (exact) mass is 252 g/mol. The van der Waals surface area contributed by atoms with Gasteiger partial charge in [-0.05, 0) is 12.2 Å². The molecule has 6 nitrogen and oxygen atoms in total. The maximum atomic E-state index is 5.78. The summed E-state index contributed by atoms with van der Waals surface area (Å²) in [6.45, 7) is 7.40. The van der Waals surface area contributed by atoms with Crippen LogP contribution in [0.25, 0.3) is 0 Å². The van der Waals surface area contributed by atoms with Crippen LogP contribution in [0.3, 0.4) is 0 Å². The van der Waals surface area contributed by atoms with Crippen molar-refractivity contribution in [3.05, 3.63) is 25.3 Å². The van der Waals surface area contributed by atoms with Crippen LogP contribution in [-0.4, -0.2) is 48.6 Å². The molecule has 7 rings (SSSR count). The lowest BCUT2D eigenvalue weighted by Gasteiger charge is -2.69. The molecule has 7 fully saturated rings. The molecule has 0 N–H and O–H groups in total. The van der Waals surface area contributed by atoms with E-state index in [0.717, 1.165) is 0 Å². The van der Waals surface area contributed by atoms with Gasteiger partial charge in [0, 0.05) is 0 Å². The van der Waals surface area contributed by atoms with Crippen LogP contribution in [-0.2, 0) is 28.4 Å². The van der Waals surface area contributed by atoms with Gasteiger partial charge in [-0.15, -0.1) is 0 Å². The maximum Gasteiger partial charge on any atom is 0.305 e. The van der Waals surface area contributed by atoms with Gasteiger partial charge in [0.1, 0.15) is 36.6 Å². The largest absolute Gasteiger partial charge is 0.315 e. The summed E-state index contributed by atoms with van der Waals surface area (Å²) in [7, 11) is 0. The van der Waals surface area contributed by atoms with Crippen molar-refractivity contribution in [2.45, 2.75) is 48.6 Å². The van der Waals surface area contributed by atoms with Gasteiger partial charge >= 0.3 is 11.9 Å². The van der Waals surface area contributed by atoms with Crippen LogP contribution in [0.15, 0.2) is 25.3 Å². The Morgan fingerprint density at radius 1 is 0.556 bits per heavy atom. The van der Waals surface area contributed by atoms with Crippen molar-refractivity contribution in [3.63, 3.8) is 0 Å². The fraction of sp³-hybridized carbons (Fsp3) is 0.667.